The first-order valence-electron chi connectivity index (χ1n) is 10.8. The van der Waals surface area contributed by atoms with Gasteiger partial charge in [0.15, 0.2) is 0 Å². The number of hydrogen-bond donors (Lipinski definition) is 2. The predicted octanol–water partition coefficient (Wildman–Crippen LogP) is 3.93. The van der Waals surface area contributed by atoms with Crippen molar-refractivity contribution in [2.75, 3.05) is 36.9 Å². The Labute approximate surface area is 182 Å². The first-order chi connectivity index (χ1) is 15.1. The molecule has 0 bridgehead atoms. The average molecular weight is 424 g/mol. The van der Waals surface area contributed by atoms with Crippen molar-refractivity contribution in [1.29, 1.82) is 0 Å². The van der Waals surface area contributed by atoms with Gasteiger partial charge in [0.05, 0.1) is 18.7 Å². The standard InChI is InChI=1S/C24H29N3O4/c1-2-15-31-24(30)18-9-11-20(12-10-18)25-17-22(28)26-21-8-6-7-19(16-21)23(29)27-13-4-3-5-14-27/h6-12,16,25H,2-5,13-15,17H2,1H3,(H,26,28). The second-order valence-electron chi connectivity index (χ2n) is 7.55. The molecule has 31 heavy (non-hydrogen) atoms. The van der Waals surface area contributed by atoms with Gasteiger partial charge in [-0.3, -0.25) is 9.59 Å². The maximum absolute atomic E-state index is 12.7. The van der Waals surface area contributed by atoms with E-state index in [1.165, 1.54) is 6.42 Å². The van der Waals surface area contributed by atoms with Gasteiger partial charge in [0, 0.05) is 30.0 Å². The second kappa shape index (κ2) is 11.2. The van der Waals surface area contributed by atoms with Gasteiger partial charge in [-0.1, -0.05) is 13.0 Å². The monoisotopic (exact) mass is 423 g/mol. The first-order valence-corrected chi connectivity index (χ1v) is 10.8. The fourth-order valence-corrected chi connectivity index (χ4v) is 3.40. The van der Waals surface area contributed by atoms with E-state index in [0.717, 1.165) is 38.0 Å². The van der Waals surface area contributed by atoms with Gasteiger partial charge in [-0.15, -0.1) is 0 Å². The molecule has 0 saturated carbocycles. The smallest absolute Gasteiger partial charge is 0.338 e. The van der Waals surface area contributed by atoms with Crippen LogP contribution >= 0.6 is 0 Å². The van der Waals surface area contributed by atoms with Crippen LogP contribution in [0.4, 0.5) is 11.4 Å². The van der Waals surface area contributed by atoms with Crippen molar-refractivity contribution in [2.24, 2.45) is 0 Å². The van der Waals surface area contributed by atoms with Crippen LogP contribution < -0.4 is 10.6 Å². The van der Waals surface area contributed by atoms with Crippen LogP contribution in [0.3, 0.4) is 0 Å². The Morgan fingerprint density at radius 2 is 1.68 bits per heavy atom. The molecular weight excluding hydrogens is 394 g/mol. The van der Waals surface area contributed by atoms with Crippen molar-refractivity contribution in [1.82, 2.24) is 4.90 Å². The highest BCUT2D eigenvalue weighted by Gasteiger charge is 2.18. The molecule has 0 unspecified atom stereocenters. The molecular formula is C24H29N3O4. The van der Waals surface area contributed by atoms with Crippen LogP contribution in [0.2, 0.25) is 0 Å². The quantitative estimate of drug-likeness (QED) is 0.628. The van der Waals surface area contributed by atoms with E-state index in [1.807, 2.05) is 11.8 Å². The number of rotatable bonds is 8. The summed E-state index contributed by atoms with van der Waals surface area (Å²) in [7, 11) is 0. The van der Waals surface area contributed by atoms with Crippen molar-refractivity contribution in [3.63, 3.8) is 0 Å². The number of benzene rings is 2. The zero-order valence-electron chi connectivity index (χ0n) is 17.9. The number of esters is 1. The van der Waals surface area contributed by atoms with E-state index >= 15 is 0 Å². The molecule has 2 N–H and O–H groups in total. The van der Waals surface area contributed by atoms with Crippen molar-refractivity contribution >= 4 is 29.2 Å². The Morgan fingerprint density at radius 3 is 2.39 bits per heavy atom. The number of carbonyl (C=O) groups is 3. The maximum Gasteiger partial charge on any atom is 0.338 e. The first kappa shape index (κ1) is 22.3. The predicted molar refractivity (Wildman–Crippen MR) is 120 cm³/mol. The Balaban J connectivity index is 1.50. The maximum atomic E-state index is 12.7. The Bertz CT molecular complexity index is 905. The molecule has 3 rings (SSSR count). The summed E-state index contributed by atoms with van der Waals surface area (Å²) in [4.78, 5) is 38.7. The normalized spacial score (nSPS) is 13.4. The number of carbonyl (C=O) groups excluding carboxylic acids is 3. The summed E-state index contributed by atoms with van der Waals surface area (Å²) in [5.74, 6) is -0.578. The Hall–Kier alpha value is -3.35. The molecule has 1 saturated heterocycles. The molecule has 2 amide bonds. The lowest BCUT2D eigenvalue weighted by Crippen LogP contribution is -2.35. The lowest BCUT2D eigenvalue weighted by atomic mass is 10.1. The van der Waals surface area contributed by atoms with E-state index in [0.29, 0.717) is 23.4 Å². The van der Waals surface area contributed by atoms with Crippen LogP contribution in [0.1, 0.15) is 53.3 Å². The molecule has 0 radical (unpaired) electrons. The van der Waals surface area contributed by atoms with Crippen LogP contribution in [0, 0.1) is 0 Å². The molecule has 7 nitrogen and oxygen atoms in total. The third-order valence-electron chi connectivity index (χ3n) is 5.05. The highest BCUT2D eigenvalue weighted by Crippen LogP contribution is 2.17. The number of likely N-dealkylation sites (tertiary alicyclic amines) is 1. The van der Waals surface area contributed by atoms with Crippen molar-refractivity contribution < 1.29 is 19.1 Å². The molecule has 1 heterocycles. The number of hydrogen-bond acceptors (Lipinski definition) is 5. The number of anilines is 2. The van der Waals surface area contributed by atoms with E-state index < -0.39 is 0 Å². The summed E-state index contributed by atoms with van der Waals surface area (Å²) in [6.45, 7) is 3.96. The molecule has 0 aromatic heterocycles. The molecule has 0 aliphatic carbocycles. The lowest BCUT2D eigenvalue weighted by Gasteiger charge is -2.26. The summed E-state index contributed by atoms with van der Waals surface area (Å²) in [6, 6.07) is 13.8. The molecule has 0 spiro atoms. The van der Waals surface area contributed by atoms with Gasteiger partial charge in [0.2, 0.25) is 5.91 Å². The summed E-state index contributed by atoms with van der Waals surface area (Å²) in [6.07, 6.45) is 4.01. The van der Waals surface area contributed by atoms with Crippen molar-refractivity contribution in [3.8, 4) is 0 Å². The minimum Gasteiger partial charge on any atom is -0.462 e. The van der Waals surface area contributed by atoms with E-state index in [-0.39, 0.29) is 24.3 Å². The van der Waals surface area contributed by atoms with Gasteiger partial charge >= 0.3 is 5.97 Å². The van der Waals surface area contributed by atoms with Crippen LogP contribution in [-0.2, 0) is 9.53 Å². The van der Waals surface area contributed by atoms with Crippen molar-refractivity contribution in [2.45, 2.75) is 32.6 Å². The van der Waals surface area contributed by atoms with E-state index in [4.69, 9.17) is 4.74 Å². The van der Waals surface area contributed by atoms with Gasteiger partial charge in [-0.25, -0.2) is 4.79 Å². The minimum absolute atomic E-state index is 0.00600. The van der Waals surface area contributed by atoms with Crippen LogP contribution in [0.5, 0.6) is 0 Å². The molecule has 1 aliphatic heterocycles. The van der Waals surface area contributed by atoms with Crippen LogP contribution in [0.15, 0.2) is 48.5 Å². The number of nitrogens with zero attached hydrogens (tertiary/aromatic N) is 1. The SMILES string of the molecule is CCCOC(=O)c1ccc(NCC(=O)Nc2cccc(C(=O)N3CCCCC3)c2)cc1. The fourth-order valence-electron chi connectivity index (χ4n) is 3.40. The third kappa shape index (κ3) is 6.57. The van der Waals surface area contributed by atoms with E-state index in [2.05, 4.69) is 10.6 Å². The largest absolute Gasteiger partial charge is 0.462 e. The van der Waals surface area contributed by atoms with Gasteiger partial charge in [0.1, 0.15) is 0 Å². The minimum atomic E-state index is -0.356. The summed E-state index contributed by atoms with van der Waals surface area (Å²) in [5.41, 5.74) is 2.36. The van der Waals surface area contributed by atoms with Gasteiger partial charge in [0.25, 0.3) is 5.91 Å². The summed E-state index contributed by atoms with van der Waals surface area (Å²) in [5, 5.41) is 5.84. The highest BCUT2D eigenvalue weighted by molar-refractivity contribution is 5.98. The summed E-state index contributed by atoms with van der Waals surface area (Å²) < 4.78 is 5.10. The fraction of sp³-hybridized carbons (Fsp3) is 0.375. The topological polar surface area (TPSA) is 87.7 Å². The second-order valence-corrected chi connectivity index (χ2v) is 7.55. The van der Waals surface area contributed by atoms with E-state index in [9.17, 15) is 14.4 Å². The van der Waals surface area contributed by atoms with Crippen molar-refractivity contribution in [3.05, 3.63) is 59.7 Å². The zero-order chi connectivity index (χ0) is 22.1. The Morgan fingerprint density at radius 1 is 0.935 bits per heavy atom. The average Bonchev–Trinajstić information content (AvgIpc) is 2.81. The lowest BCUT2D eigenvalue weighted by molar-refractivity contribution is -0.114. The summed E-state index contributed by atoms with van der Waals surface area (Å²) >= 11 is 0. The van der Waals surface area contributed by atoms with Gasteiger partial charge in [-0.05, 0) is 68.1 Å². The molecule has 0 atom stereocenters. The number of ether oxygens (including phenoxy) is 1. The molecule has 2 aromatic rings. The van der Waals surface area contributed by atoms with Crippen LogP contribution in [-0.4, -0.2) is 48.9 Å². The molecule has 1 aliphatic rings. The number of piperidine rings is 1. The number of amides is 2. The highest BCUT2D eigenvalue weighted by atomic mass is 16.5. The Kier molecular flexibility index (Phi) is 8.04. The molecule has 1 fully saturated rings. The van der Waals surface area contributed by atoms with E-state index in [1.54, 1.807) is 48.5 Å². The molecule has 2 aromatic carbocycles. The number of nitrogens with one attached hydrogen (secondary N) is 2. The van der Waals surface area contributed by atoms with Crippen LogP contribution in [0.25, 0.3) is 0 Å². The molecule has 7 heteroatoms. The van der Waals surface area contributed by atoms with Gasteiger partial charge < -0.3 is 20.3 Å². The third-order valence-corrected chi connectivity index (χ3v) is 5.05. The zero-order valence-corrected chi connectivity index (χ0v) is 17.9. The van der Waals surface area contributed by atoms with Gasteiger partial charge in [-0.2, -0.15) is 0 Å². The molecule has 164 valence electrons.